The molecule has 0 bridgehead atoms. The minimum atomic E-state index is -0.872. The van der Waals surface area contributed by atoms with Gasteiger partial charge in [-0.2, -0.15) is 5.26 Å². The first-order chi connectivity index (χ1) is 12.4. The van der Waals surface area contributed by atoms with E-state index in [1.807, 2.05) is 26.0 Å². The van der Waals surface area contributed by atoms with Gasteiger partial charge in [-0.05, 0) is 37.8 Å². The summed E-state index contributed by atoms with van der Waals surface area (Å²) < 4.78 is 2.10. The minimum Gasteiger partial charge on any atom is -0.337 e. The molecule has 2 aromatic rings. The number of nitriles is 1. The van der Waals surface area contributed by atoms with Crippen LogP contribution in [-0.2, 0) is 4.79 Å². The van der Waals surface area contributed by atoms with Gasteiger partial charge in [-0.1, -0.05) is 25.6 Å². The number of hydrogen-bond donors (Lipinski definition) is 1. The van der Waals surface area contributed by atoms with Crippen molar-refractivity contribution in [1.82, 2.24) is 25.1 Å². The normalized spacial score (nSPS) is 16.1. The molecule has 1 amide bonds. The quantitative estimate of drug-likeness (QED) is 0.753. The smallest absolute Gasteiger partial charge is 0.231 e. The fourth-order valence-corrected chi connectivity index (χ4v) is 3.29. The van der Waals surface area contributed by atoms with Crippen molar-refractivity contribution in [2.75, 3.05) is 5.75 Å². The predicted octanol–water partition coefficient (Wildman–Crippen LogP) is 2.82. The van der Waals surface area contributed by atoms with Crippen LogP contribution in [0.5, 0.6) is 0 Å². The van der Waals surface area contributed by atoms with Gasteiger partial charge in [0.1, 0.15) is 5.54 Å². The topological polar surface area (TPSA) is 96.5 Å². The predicted molar refractivity (Wildman–Crippen MR) is 99.2 cm³/mol. The Morgan fingerprint density at radius 1 is 1.50 bits per heavy atom. The molecule has 0 unspecified atom stereocenters. The fourth-order valence-electron chi connectivity index (χ4n) is 2.49. The monoisotopic (exact) mass is 370 g/mol. The van der Waals surface area contributed by atoms with Crippen molar-refractivity contribution in [3.63, 3.8) is 0 Å². The van der Waals surface area contributed by atoms with E-state index in [-0.39, 0.29) is 17.6 Å². The minimum absolute atomic E-state index is 0.0220. The maximum absolute atomic E-state index is 12.3. The van der Waals surface area contributed by atoms with E-state index in [4.69, 9.17) is 0 Å². The van der Waals surface area contributed by atoms with Crippen LogP contribution in [0.4, 0.5) is 0 Å². The van der Waals surface area contributed by atoms with Crippen LogP contribution in [0.15, 0.2) is 29.7 Å². The zero-order chi connectivity index (χ0) is 18.7. The van der Waals surface area contributed by atoms with E-state index in [1.165, 1.54) is 11.8 Å². The third kappa shape index (κ3) is 3.88. The Morgan fingerprint density at radius 2 is 2.27 bits per heavy atom. The Bertz CT molecular complexity index is 824. The highest BCUT2D eigenvalue weighted by Crippen LogP contribution is 2.40. The maximum atomic E-state index is 12.3. The number of rotatable bonds is 7. The number of nitrogens with zero attached hydrogens (tertiary/aromatic N) is 5. The lowest BCUT2D eigenvalue weighted by atomic mass is 9.90. The Balaban J connectivity index is 1.72. The van der Waals surface area contributed by atoms with Gasteiger partial charge in [0, 0.05) is 24.0 Å². The lowest BCUT2D eigenvalue weighted by Gasteiger charge is -2.27. The molecule has 1 N–H and O–H groups in total. The number of carbonyl (C=O) groups excluding carboxylic acids is 1. The van der Waals surface area contributed by atoms with Gasteiger partial charge < -0.3 is 5.32 Å². The van der Waals surface area contributed by atoms with E-state index in [0.29, 0.717) is 6.04 Å². The standard InChI is InChI=1S/C18H22N6OS/c1-12(2)18(3,11-19)21-15(25)10-26-17-23-22-16(24(17)14-6-7-14)13-5-4-8-20-9-13/h4-5,8-9,12,14H,6-7,10H2,1-3H3,(H,21,25)/t18-/m0/s1. The summed E-state index contributed by atoms with van der Waals surface area (Å²) in [6.07, 6.45) is 5.67. The molecule has 2 aromatic heterocycles. The molecule has 0 spiro atoms. The average Bonchev–Trinajstić information content (AvgIpc) is 3.39. The van der Waals surface area contributed by atoms with Crippen molar-refractivity contribution in [3.05, 3.63) is 24.5 Å². The van der Waals surface area contributed by atoms with E-state index < -0.39 is 5.54 Å². The summed E-state index contributed by atoms with van der Waals surface area (Å²) in [6, 6.07) is 6.40. The van der Waals surface area contributed by atoms with Crippen molar-refractivity contribution in [3.8, 4) is 17.5 Å². The van der Waals surface area contributed by atoms with Gasteiger partial charge >= 0.3 is 0 Å². The van der Waals surface area contributed by atoms with Crippen LogP contribution in [0.1, 0.15) is 39.7 Å². The van der Waals surface area contributed by atoms with Crippen molar-refractivity contribution in [2.24, 2.45) is 5.92 Å². The molecular formula is C18H22N6OS. The molecule has 0 aromatic carbocycles. The number of amides is 1. The molecule has 1 saturated carbocycles. The first-order valence-electron chi connectivity index (χ1n) is 8.65. The molecule has 7 nitrogen and oxygen atoms in total. The van der Waals surface area contributed by atoms with Crippen molar-refractivity contribution >= 4 is 17.7 Å². The van der Waals surface area contributed by atoms with Crippen molar-refractivity contribution < 1.29 is 4.79 Å². The van der Waals surface area contributed by atoms with Gasteiger partial charge in [-0.25, -0.2) is 0 Å². The van der Waals surface area contributed by atoms with E-state index >= 15 is 0 Å². The van der Waals surface area contributed by atoms with Crippen LogP contribution in [-0.4, -0.2) is 36.9 Å². The molecule has 136 valence electrons. The van der Waals surface area contributed by atoms with E-state index in [0.717, 1.165) is 29.4 Å². The Kier molecular flexibility index (Phi) is 5.28. The first-order valence-corrected chi connectivity index (χ1v) is 9.63. The lowest BCUT2D eigenvalue weighted by molar-refractivity contribution is -0.120. The Labute approximate surface area is 157 Å². The average molecular weight is 370 g/mol. The van der Waals surface area contributed by atoms with Crippen LogP contribution in [0.2, 0.25) is 0 Å². The third-order valence-electron chi connectivity index (χ3n) is 4.61. The SMILES string of the molecule is CC(C)[C@](C)(C#N)NC(=O)CSc1nnc(-c2cccnc2)n1C1CC1. The highest BCUT2D eigenvalue weighted by molar-refractivity contribution is 7.99. The molecule has 0 saturated heterocycles. The van der Waals surface area contributed by atoms with Crippen molar-refractivity contribution in [1.29, 1.82) is 5.26 Å². The number of carbonyl (C=O) groups is 1. The molecule has 1 atom stereocenters. The Morgan fingerprint density at radius 3 is 2.85 bits per heavy atom. The summed E-state index contributed by atoms with van der Waals surface area (Å²) in [4.78, 5) is 16.5. The number of aromatic nitrogens is 4. The Hall–Kier alpha value is -2.40. The van der Waals surface area contributed by atoms with Crippen LogP contribution >= 0.6 is 11.8 Å². The zero-order valence-electron chi connectivity index (χ0n) is 15.1. The number of nitrogens with one attached hydrogen (secondary N) is 1. The zero-order valence-corrected chi connectivity index (χ0v) is 16.0. The molecule has 8 heteroatoms. The van der Waals surface area contributed by atoms with Gasteiger partial charge in [0.2, 0.25) is 5.91 Å². The van der Waals surface area contributed by atoms with Gasteiger partial charge in [0.25, 0.3) is 0 Å². The van der Waals surface area contributed by atoms with E-state index in [2.05, 4.69) is 31.1 Å². The van der Waals surface area contributed by atoms with Gasteiger partial charge in [0.05, 0.1) is 11.8 Å². The molecule has 0 radical (unpaired) electrons. The molecule has 2 heterocycles. The second kappa shape index (κ2) is 7.46. The molecule has 1 aliphatic rings. The van der Waals surface area contributed by atoms with Crippen LogP contribution in [0, 0.1) is 17.2 Å². The summed E-state index contributed by atoms with van der Waals surface area (Å²) >= 11 is 1.35. The molecule has 3 rings (SSSR count). The van der Waals surface area contributed by atoms with E-state index in [9.17, 15) is 10.1 Å². The van der Waals surface area contributed by atoms with Gasteiger partial charge in [-0.15, -0.1) is 10.2 Å². The summed E-state index contributed by atoms with van der Waals surface area (Å²) in [6.45, 7) is 5.58. The largest absolute Gasteiger partial charge is 0.337 e. The summed E-state index contributed by atoms with van der Waals surface area (Å²) in [5.74, 6) is 0.823. The summed E-state index contributed by atoms with van der Waals surface area (Å²) in [5, 5.41) is 21.5. The number of thioether (sulfide) groups is 1. The fraction of sp³-hybridized carbons (Fsp3) is 0.500. The molecule has 1 aliphatic carbocycles. The van der Waals surface area contributed by atoms with Crippen LogP contribution in [0.3, 0.4) is 0 Å². The van der Waals surface area contributed by atoms with Crippen LogP contribution < -0.4 is 5.32 Å². The summed E-state index contributed by atoms with van der Waals surface area (Å²) in [5.41, 5.74) is 0.0444. The third-order valence-corrected chi connectivity index (χ3v) is 5.56. The first kappa shape index (κ1) is 18.4. The van der Waals surface area contributed by atoms with Gasteiger partial charge in [-0.3, -0.25) is 14.3 Å². The number of hydrogen-bond acceptors (Lipinski definition) is 6. The lowest BCUT2D eigenvalue weighted by Crippen LogP contribution is -2.49. The second-order valence-electron chi connectivity index (χ2n) is 6.95. The molecular weight excluding hydrogens is 348 g/mol. The maximum Gasteiger partial charge on any atom is 0.231 e. The van der Waals surface area contributed by atoms with Crippen LogP contribution in [0.25, 0.3) is 11.4 Å². The molecule has 1 fully saturated rings. The molecule has 0 aliphatic heterocycles. The van der Waals surface area contributed by atoms with E-state index in [1.54, 1.807) is 19.3 Å². The second-order valence-corrected chi connectivity index (χ2v) is 7.90. The van der Waals surface area contributed by atoms with Crippen molar-refractivity contribution in [2.45, 2.75) is 50.4 Å². The molecule has 26 heavy (non-hydrogen) atoms. The summed E-state index contributed by atoms with van der Waals surface area (Å²) in [7, 11) is 0. The van der Waals surface area contributed by atoms with Gasteiger partial charge in [0.15, 0.2) is 11.0 Å². The highest BCUT2D eigenvalue weighted by atomic mass is 32.2. The highest BCUT2D eigenvalue weighted by Gasteiger charge is 2.32. The number of pyridine rings is 1.